The molecule has 5 nitrogen and oxygen atoms in total. The summed E-state index contributed by atoms with van der Waals surface area (Å²) in [6, 6.07) is 15.6. The van der Waals surface area contributed by atoms with Crippen LogP contribution in [0.2, 0.25) is 0 Å². The van der Waals surface area contributed by atoms with Crippen molar-refractivity contribution in [1.82, 2.24) is 4.90 Å². The van der Waals surface area contributed by atoms with Crippen molar-refractivity contribution < 1.29 is 14.6 Å². The smallest absolute Gasteiger partial charge is 0.320 e. The Morgan fingerprint density at radius 3 is 2.50 bits per heavy atom. The first-order valence-electron chi connectivity index (χ1n) is 8.91. The van der Waals surface area contributed by atoms with Crippen LogP contribution < -0.4 is 9.64 Å². The fraction of sp³-hybridized carbons (Fsp3) is 0.381. The molecule has 3 rings (SSSR count). The van der Waals surface area contributed by atoms with E-state index in [0.29, 0.717) is 6.42 Å². The second kappa shape index (κ2) is 7.79. The molecule has 1 aliphatic rings. The average Bonchev–Trinajstić information content (AvgIpc) is 3.12. The van der Waals surface area contributed by atoms with Crippen LogP contribution in [0.4, 0.5) is 5.69 Å². The van der Waals surface area contributed by atoms with E-state index in [1.54, 1.807) is 7.11 Å². The number of para-hydroxylation sites is 1. The molecule has 0 aliphatic carbocycles. The number of methoxy groups -OCH3 is 1. The minimum Gasteiger partial charge on any atom is -0.496 e. The van der Waals surface area contributed by atoms with E-state index in [0.717, 1.165) is 35.5 Å². The molecular formula is C21H26N2O3. The van der Waals surface area contributed by atoms with Gasteiger partial charge in [0.2, 0.25) is 0 Å². The molecule has 2 aromatic carbocycles. The van der Waals surface area contributed by atoms with E-state index in [4.69, 9.17) is 4.74 Å². The Labute approximate surface area is 154 Å². The zero-order chi connectivity index (χ0) is 18.7. The molecule has 0 aromatic heterocycles. The van der Waals surface area contributed by atoms with Gasteiger partial charge in [0.1, 0.15) is 11.8 Å². The first-order valence-corrected chi connectivity index (χ1v) is 8.91. The molecule has 2 atom stereocenters. The van der Waals surface area contributed by atoms with Crippen LogP contribution in [-0.2, 0) is 4.79 Å². The van der Waals surface area contributed by atoms with Gasteiger partial charge >= 0.3 is 5.97 Å². The summed E-state index contributed by atoms with van der Waals surface area (Å²) in [5.74, 6) is 0.0255. The maximum absolute atomic E-state index is 11.8. The quantitative estimate of drug-likeness (QED) is 0.862. The molecule has 5 heteroatoms. The topological polar surface area (TPSA) is 53.0 Å². The van der Waals surface area contributed by atoms with Crippen LogP contribution >= 0.6 is 0 Å². The molecule has 0 saturated carbocycles. The van der Waals surface area contributed by atoms with Crippen molar-refractivity contribution in [3.63, 3.8) is 0 Å². The number of anilines is 1. The summed E-state index contributed by atoms with van der Waals surface area (Å²) in [4.78, 5) is 15.9. The van der Waals surface area contributed by atoms with Crippen molar-refractivity contribution in [2.24, 2.45) is 0 Å². The number of rotatable bonds is 6. The van der Waals surface area contributed by atoms with Gasteiger partial charge in [-0.3, -0.25) is 9.69 Å². The SMILES string of the molecule is COc1ccccc1C(c1ccc(N(C)C)cc1)N1CCCC1C(=O)O. The fourth-order valence-corrected chi connectivity index (χ4v) is 3.76. The summed E-state index contributed by atoms with van der Waals surface area (Å²) < 4.78 is 5.58. The molecule has 1 saturated heterocycles. The largest absolute Gasteiger partial charge is 0.496 e. The maximum atomic E-state index is 11.8. The molecule has 1 heterocycles. The number of likely N-dealkylation sites (tertiary alicyclic amines) is 1. The number of carbonyl (C=O) groups is 1. The Morgan fingerprint density at radius 1 is 1.19 bits per heavy atom. The Morgan fingerprint density at radius 2 is 1.88 bits per heavy atom. The molecule has 0 radical (unpaired) electrons. The second-order valence-electron chi connectivity index (χ2n) is 6.86. The maximum Gasteiger partial charge on any atom is 0.320 e. The zero-order valence-electron chi connectivity index (χ0n) is 15.6. The monoisotopic (exact) mass is 354 g/mol. The minimum absolute atomic E-state index is 0.147. The lowest BCUT2D eigenvalue weighted by Gasteiger charge is -2.33. The summed E-state index contributed by atoms with van der Waals surface area (Å²) in [6.07, 6.45) is 1.56. The van der Waals surface area contributed by atoms with E-state index in [2.05, 4.69) is 34.1 Å². The number of carboxylic acid groups (broad SMARTS) is 1. The summed E-state index contributed by atoms with van der Waals surface area (Å²) in [6.45, 7) is 0.759. The molecule has 138 valence electrons. The molecule has 0 spiro atoms. The van der Waals surface area contributed by atoms with E-state index in [-0.39, 0.29) is 6.04 Å². The molecule has 2 aromatic rings. The molecule has 2 unspecified atom stereocenters. The molecule has 1 aliphatic heterocycles. The lowest BCUT2D eigenvalue weighted by molar-refractivity contribution is -0.142. The van der Waals surface area contributed by atoms with Gasteiger partial charge < -0.3 is 14.7 Å². The third-order valence-corrected chi connectivity index (χ3v) is 5.07. The van der Waals surface area contributed by atoms with Crippen LogP contribution in [-0.4, -0.2) is 49.8 Å². The number of nitrogens with zero attached hydrogens (tertiary/aromatic N) is 2. The molecule has 26 heavy (non-hydrogen) atoms. The fourth-order valence-electron chi connectivity index (χ4n) is 3.76. The number of carboxylic acids is 1. The van der Waals surface area contributed by atoms with Crippen LogP contribution in [0.25, 0.3) is 0 Å². The zero-order valence-corrected chi connectivity index (χ0v) is 15.6. The van der Waals surface area contributed by atoms with E-state index < -0.39 is 12.0 Å². The Bertz CT molecular complexity index is 758. The van der Waals surface area contributed by atoms with Gasteiger partial charge in [-0.2, -0.15) is 0 Å². The highest BCUT2D eigenvalue weighted by molar-refractivity contribution is 5.74. The highest BCUT2D eigenvalue weighted by Gasteiger charge is 2.37. The lowest BCUT2D eigenvalue weighted by Crippen LogP contribution is -2.39. The van der Waals surface area contributed by atoms with Crippen molar-refractivity contribution in [2.45, 2.75) is 24.9 Å². The normalized spacial score (nSPS) is 18.5. The predicted octanol–water partition coefficient (Wildman–Crippen LogP) is 3.40. The molecular weight excluding hydrogens is 328 g/mol. The first kappa shape index (κ1) is 18.3. The Kier molecular flexibility index (Phi) is 5.47. The van der Waals surface area contributed by atoms with Gasteiger partial charge in [0, 0.05) is 31.9 Å². The van der Waals surface area contributed by atoms with E-state index in [1.165, 1.54) is 0 Å². The number of aliphatic carboxylic acids is 1. The summed E-state index contributed by atoms with van der Waals surface area (Å²) >= 11 is 0. The molecule has 1 N–H and O–H groups in total. The van der Waals surface area contributed by atoms with E-state index >= 15 is 0 Å². The van der Waals surface area contributed by atoms with Crippen LogP contribution in [0.5, 0.6) is 5.75 Å². The van der Waals surface area contributed by atoms with Crippen molar-refractivity contribution in [3.8, 4) is 5.75 Å². The number of ether oxygens (including phenoxy) is 1. The third kappa shape index (κ3) is 3.53. The first-order chi connectivity index (χ1) is 12.5. The highest BCUT2D eigenvalue weighted by Crippen LogP contribution is 2.39. The molecule has 0 amide bonds. The van der Waals surface area contributed by atoms with Crippen molar-refractivity contribution in [1.29, 1.82) is 0 Å². The van der Waals surface area contributed by atoms with Crippen LogP contribution in [0.1, 0.15) is 30.0 Å². The number of hydrogen-bond donors (Lipinski definition) is 1. The van der Waals surface area contributed by atoms with Crippen LogP contribution in [0, 0.1) is 0 Å². The van der Waals surface area contributed by atoms with Gasteiger partial charge in [-0.15, -0.1) is 0 Å². The van der Waals surface area contributed by atoms with Crippen molar-refractivity contribution in [3.05, 3.63) is 59.7 Å². The van der Waals surface area contributed by atoms with Crippen molar-refractivity contribution >= 4 is 11.7 Å². The van der Waals surface area contributed by atoms with Gasteiger partial charge in [-0.25, -0.2) is 0 Å². The third-order valence-electron chi connectivity index (χ3n) is 5.07. The second-order valence-corrected chi connectivity index (χ2v) is 6.86. The summed E-state index contributed by atoms with van der Waals surface area (Å²) in [5.41, 5.74) is 3.19. The van der Waals surface area contributed by atoms with Gasteiger partial charge in [0.15, 0.2) is 0 Å². The highest BCUT2D eigenvalue weighted by atomic mass is 16.5. The van der Waals surface area contributed by atoms with Gasteiger partial charge in [-0.1, -0.05) is 30.3 Å². The van der Waals surface area contributed by atoms with E-state index in [9.17, 15) is 9.90 Å². The number of hydrogen-bond acceptors (Lipinski definition) is 4. The van der Waals surface area contributed by atoms with Gasteiger partial charge in [0.25, 0.3) is 0 Å². The Hall–Kier alpha value is -2.53. The minimum atomic E-state index is -0.757. The van der Waals surface area contributed by atoms with Crippen LogP contribution in [0.15, 0.2) is 48.5 Å². The lowest BCUT2D eigenvalue weighted by atomic mass is 9.95. The van der Waals surface area contributed by atoms with Gasteiger partial charge in [0.05, 0.1) is 13.2 Å². The molecule has 0 bridgehead atoms. The standard InChI is InChI=1S/C21H26N2O3/c1-22(2)16-12-10-15(11-13-16)20(17-7-4-5-9-19(17)26-3)23-14-6-8-18(23)21(24)25/h4-5,7,9-13,18,20H,6,8,14H2,1-3H3,(H,24,25). The average molecular weight is 354 g/mol. The Balaban J connectivity index is 2.08. The summed E-state index contributed by atoms with van der Waals surface area (Å²) in [7, 11) is 5.67. The summed E-state index contributed by atoms with van der Waals surface area (Å²) in [5, 5.41) is 9.69. The predicted molar refractivity (Wildman–Crippen MR) is 103 cm³/mol. The van der Waals surface area contributed by atoms with Crippen LogP contribution in [0.3, 0.4) is 0 Å². The van der Waals surface area contributed by atoms with Gasteiger partial charge in [-0.05, 0) is 36.6 Å². The number of benzene rings is 2. The van der Waals surface area contributed by atoms with Crippen molar-refractivity contribution in [2.75, 3.05) is 32.6 Å². The molecule has 1 fully saturated rings. The van der Waals surface area contributed by atoms with E-state index in [1.807, 2.05) is 38.4 Å².